The van der Waals surface area contributed by atoms with Gasteiger partial charge in [0, 0.05) is 51.5 Å². The van der Waals surface area contributed by atoms with Crippen molar-refractivity contribution in [2.24, 2.45) is 0 Å². The summed E-state index contributed by atoms with van der Waals surface area (Å²) in [7, 11) is 0. The Morgan fingerprint density at radius 1 is 0.450 bits per heavy atom. The van der Waals surface area contributed by atoms with E-state index in [1.165, 1.54) is 45.9 Å². The Bertz CT molecular complexity index is 2280. The molecule has 40 heavy (non-hydrogen) atoms. The molecule has 0 bridgehead atoms. The van der Waals surface area contributed by atoms with Gasteiger partial charge in [-0.1, -0.05) is 103 Å². The van der Waals surface area contributed by atoms with Crippen molar-refractivity contribution in [3.05, 3.63) is 133 Å². The van der Waals surface area contributed by atoms with Gasteiger partial charge in [0.05, 0.1) is 11.6 Å². The summed E-state index contributed by atoms with van der Waals surface area (Å²) in [5.41, 5.74) is 7.23. The molecule has 8 aromatic rings. The molecule has 2 aromatic heterocycles. The summed E-state index contributed by atoms with van der Waals surface area (Å²) < 4.78 is 5.02. The first kappa shape index (κ1) is 23.2. The third-order valence-corrected chi connectivity index (χ3v) is 10.2. The van der Waals surface area contributed by atoms with Crippen LogP contribution in [0.4, 0.5) is 0 Å². The molecule has 0 spiro atoms. The second-order valence-electron chi connectivity index (χ2n) is 9.99. The average molecular weight is 544 g/mol. The van der Waals surface area contributed by atoms with Crippen molar-refractivity contribution in [1.29, 1.82) is 5.26 Å². The SMILES string of the molecule is N#Cc1cc(-c2cccc3c2sc2ccccc23)cc(-c2ccccc2)c1-c1cccc2c1sc1ccccc12. The first-order chi connectivity index (χ1) is 19.8. The molecular formula is C37H21NS2. The van der Waals surface area contributed by atoms with Gasteiger partial charge in [0.2, 0.25) is 0 Å². The van der Waals surface area contributed by atoms with E-state index in [1.54, 1.807) is 11.3 Å². The highest BCUT2D eigenvalue weighted by molar-refractivity contribution is 7.26. The molecule has 186 valence electrons. The second-order valence-corrected chi connectivity index (χ2v) is 12.1. The minimum absolute atomic E-state index is 0.694. The van der Waals surface area contributed by atoms with Crippen LogP contribution in [-0.4, -0.2) is 0 Å². The zero-order chi connectivity index (χ0) is 26.6. The van der Waals surface area contributed by atoms with Gasteiger partial charge in [-0.15, -0.1) is 22.7 Å². The predicted molar refractivity (Wildman–Crippen MR) is 173 cm³/mol. The van der Waals surface area contributed by atoms with Crippen molar-refractivity contribution in [2.45, 2.75) is 0 Å². The summed E-state index contributed by atoms with van der Waals surface area (Å²) in [6, 6.07) is 47.6. The summed E-state index contributed by atoms with van der Waals surface area (Å²) in [6.45, 7) is 0. The molecule has 0 fully saturated rings. The predicted octanol–water partition coefficient (Wildman–Crippen LogP) is 11.3. The Labute approximate surface area is 239 Å². The van der Waals surface area contributed by atoms with E-state index in [0.717, 1.165) is 27.8 Å². The van der Waals surface area contributed by atoms with Crippen LogP contribution in [0, 0.1) is 11.3 Å². The van der Waals surface area contributed by atoms with Crippen LogP contribution >= 0.6 is 22.7 Å². The fourth-order valence-corrected chi connectivity index (χ4v) is 8.40. The van der Waals surface area contributed by atoms with Gasteiger partial charge in [-0.3, -0.25) is 0 Å². The highest BCUT2D eigenvalue weighted by atomic mass is 32.1. The standard InChI is InChI=1S/C37H21NS2/c38-22-25-20-24(26-14-8-15-29-27-12-4-6-18-33(27)39-36(26)29)21-32(23-10-2-1-3-11-23)35(25)31-17-9-16-30-28-13-5-7-19-34(28)40-37(30)31/h1-21H. The van der Waals surface area contributed by atoms with Gasteiger partial charge in [-0.25, -0.2) is 0 Å². The number of fused-ring (bicyclic) bond motifs is 6. The zero-order valence-electron chi connectivity index (χ0n) is 21.4. The van der Waals surface area contributed by atoms with Crippen molar-refractivity contribution in [1.82, 2.24) is 0 Å². The minimum atomic E-state index is 0.694. The Kier molecular flexibility index (Phi) is 5.31. The van der Waals surface area contributed by atoms with Crippen LogP contribution in [-0.2, 0) is 0 Å². The fraction of sp³-hybridized carbons (Fsp3) is 0. The maximum atomic E-state index is 10.6. The zero-order valence-corrected chi connectivity index (χ0v) is 23.0. The third-order valence-electron chi connectivity index (χ3n) is 7.73. The van der Waals surface area contributed by atoms with E-state index >= 15 is 0 Å². The maximum Gasteiger partial charge on any atom is 0.0998 e. The summed E-state index contributed by atoms with van der Waals surface area (Å²) in [6.07, 6.45) is 0. The molecule has 0 aliphatic heterocycles. The van der Waals surface area contributed by atoms with Gasteiger partial charge in [-0.2, -0.15) is 5.26 Å². The van der Waals surface area contributed by atoms with Crippen molar-refractivity contribution in [2.75, 3.05) is 0 Å². The van der Waals surface area contributed by atoms with Gasteiger partial charge in [0.1, 0.15) is 0 Å². The molecule has 0 amide bonds. The Hall–Kier alpha value is -4.75. The number of hydrogen-bond acceptors (Lipinski definition) is 3. The summed E-state index contributed by atoms with van der Waals surface area (Å²) in [4.78, 5) is 0. The lowest BCUT2D eigenvalue weighted by atomic mass is 9.87. The molecular weight excluding hydrogens is 523 g/mol. The van der Waals surface area contributed by atoms with E-state index in [0.29, 0.717) is 5.56 Å². The molecule has 0 N–H and O–H groups in total. The molecule has 0 saturated carbocycles. The van der Waals surface area contributed by atoms with Gasteiger partial charge >= 0.3 is 0 Å². The van der Waals surface area contributed by atoms with Crippen LogP contribution in [0.25, 0.3) is 73.7 Å². The molecule has 6 aromatic carbocycles. The first-order valence-electron chi connectivity index (χ1n) is 13.2. The van der Waals surface area contributed by atoms with Gasteiger partial charge in [0.15, 0.2) is 0 Å². The van der Waals surface area contributed by atoms with Crippen molar-refractivity contribution < 1.29 is 0 Å². The lowest BCUT2D eigenvalue weighted by Gasteiger charge is -2.16. The topological polar surface area (TPSA) is 23.8 Å². The average Bonchev–Trinajstić information content (AvgIpc) is 3.59. The molecule has 0 unspecified atom stereocenters. The molecule has 2 heterocycles. The number of thiophene rings is 2. The first-order valence-corrected chi connectivity index (χ1v) is 14.9. The van der Waals surface area contributed by atoms with Crippen molar-refractivity contribution >= 4 is 63.0 Å². The van der Waals surface area contributed by atoms with E-state index in [-0.39, 0.29) is 0 Å². The number of hydrogen-bond donors (Lipinski definition) is 0. The van der Waals surface area contributed by atoms with Crippen LogP contribution in [0.1, 0.15) is 5.56 Å². The molecule has 1 nitrogen and oxygen atoms in total. The van der Waals surface area contributed by atoms with Gasteiger partial charge < -0.3 is 0 Å². The smallest absolute Gasteiger partial charge is 0.0998 e. The van der Waals surface area contributed by atoms with Crippen LogP contribution < -0.4 is 0 Å². The highest BCUT2D eigenvalue weighted by Crippen LogP contribution is 2.47. The van der Waals surface area contributed by atoms with Crippen LogP contribution in [0.15, 0.2) is 127 Å². The Balaban J connectivity index is 1.46. The van der Waals surface area contributed by atoms with E-state index in [9.17, 15) is 5.26 Å². The normalized spacial score (nSPS) is 11.5. The summed E-state index contributed by atoms with van der Waals surface area (Å²) in [5.74, 6) is 0. The monoisotopic (exact) mass is 543 g/mol. The number of nitriles is 1. The third kappa shape index (κ3) is 3.51. The van der Waals surface area contributed by atoms with E-state index < -0.39 is 0 Å². The number of rotatable bonds is 3. The van der Waals surface area contributed by atoms with Gasteiger partial charge in [0.25, 0.3) is 0 Å². The quantitative estimate of drug-likeness (QED) is 0.217. The molecule has 0 saturated heterocycles. The molecule has 3 heteroatoms. The molecule has 8 rings (SSSR count). The molecule has 0 radical (unpaired) electrons. The lowest BCUT2D eigenvalue weighted by molar-refractivity contribution is 1.48. The highest BCUT2D eigenvalue weighted by Gasteiger charge is 2.20. The van der Waals surface area contributed by atoms with Gasteiger partial charge in [-0.05, 0) is 46.5 Å². The Morgan fingerprint density at radius 3 is 1.65 bits per heavy atom. The molecule has 0 aliphatic carbocycles. The summed E-state index contributed by atoms with van der Waals surface area (Å²) >= 11 is 3.63. The fourth-order valence-electron chi connectivity index (χ4n) is 5.94. The summed E-state index contributed by atoms with van der Waals surface area (Å²) in [5, 5.41) is 15.7. The number of benzene rings is 6. The van der Waals surface area contributed by atoms with E-state index in [1.807, 2.05) is 17.4 Å². The minimum Gasteiger partial charge on any atom is -0.192 e. The maximum absolute atomic E-state index is 10.6. The molecule has 0 atom stereocenters. The largest absolute Gasteiger partial charge is 0.192 e. The van der Waals surface area contributed by atoms with Crippen molar-refractivity contribution in [3.8, 4) is 39.4 Å². The van der Waals surface area contributed by atoms with E-state index in [4.69, 9.17) is 0 Å². The molecule has 0 aliphatic rings. The van der Waals surface area contributed by atoms with E-state index in [2.05, 4.69) is 127 Å². The van der Waals surface area contributed by atoms with Crippen LogP contribution in [0.5, 0.6) is 0 Å². The van der Waals surface area contributed by atoms with Crippen LogP contribution in [0.3, 0.4) is 0 Å². The number of nitrogens with zero attached hydrogens (tertiary/aromatic N) is 1. The Morgan fingerprint density at radius 2 is 1.00 bits per heavy atom. The van der Waals surface area contributed by atoms with Crippen molar-refractivity contribution in [3.63, 3.8) is 0 Å². The van der Waals surface area contributed by atoms with Crippen LogP contribution in [0.2, 0.25) is 0 Å². The second kappa shape index (κ2) is 9.17. The lowest BCUT2D eigenvalue weighted by Crippen LogP contribution is -1.93.